The summed E-state index contributed by atoms with van der Waals surface area (Å²) in [5.74, 6) is 1.28. The van der Waals surface area contributed by atoms with Gasteiger partial charge in [-0.1, -0.05) is 68.3 Å². The molecule has 4 aromatic carbocycles. The lowest BCUT2D eigenvalue weighted by Crippen LogP contribution is -2.17. The molecular formula is C29H24Br2N2O4. The van der Waals surface area contributed by atoms with Gasteiger partial charge < -0.3 is 14.2 Å². The van der Waals surface area contributed by atoms with Gasteiger partial charge in [-0.25, -0.2) is 5.43 Å². The number of ether oxygens (including phenoxy) is 3. The Bertz CT molecular complexity index is 1410. The van der Waals surface area contributed by atoms with Crippen molar-refractivity contribution in [1.29, 1.82) is 0 Å². The molecular weight excluding hydrogens is 600 g/mol. The van der Waals surface area contributed by atoms with Crippen LogP contribution in [-0.4, -0.2) is 19.2 Å². The fraction of sp³-hybridized carbons (Fsp3) is 0.103. The number of hydrogen-bond acceptors (Lipinski definition) is 5. The molecule has 0 aromatic heterocycles. The highest BCUT2D eigenvalue weighted by Gasteiger charge is 2.11. The molecule has 0 radical (unpaired) electrons. The molecule has 0 bridgehead atoms. The van der Waals surface area contributed by atoms with Gasteiger partial charge in [-0.05, 0) is 65.7 Å². The number of hydrazone groups is 1. The van der Waals surface area contributed by atoms with E-state index in [9.17, 15) is 4.79 Å². The molecule has 6 nitrogen and oxygen atoms in total. The summed E-state index contributed by atoms with van der Waals surface area (Å²) >= 11 is 6.93. The summed E-state index contributed by atoms with van der Waals surface area (Å²) in [5.41, 5.74) is 5.73. The number of rotatable bonds is 10. The summed E-state index contributed by atoms with van der Waals surface area (Å²) in [5, 5.41) is 4.12. The summed E-state index contributed by atoms with van der Waals surface area (Å²) in [6.45, 7) is 0.779. The van der Waals surface area contributed by atoms with Gasteiger partial charge in [0.2, 0.25) is 0 Å². The van der Waals surface area contributed by atoms with E-state index < -0.39 is 0 Å². The highest BCUT2D eigenvalue weighted by molar-refractivity contribution is 9.10. The van der Waals surface area contributed by atoms with Crippen LogP contribution in [0.25, 0.3) is 0 Å². The standard InChI is InChI=1S/C29H24Br2N2O4/c1-35-28-16-22(12-13-27(28)37-19-21-7-5-10-25(31)15-21)29(34)33-32-17-23-8-2-3-11-26(23)36-18-20-6-4-9-24(30)14-20/h2-17H,18-19H2,1H3,(H,33,34)/b32-17+. The van der Waals surface area contributed by atoms with Crippen LogP contribution in [0, 0.1) is 0 Å². The molecule has 0 atom stereocenters. The summed E-state index contributed by atoms with van der Waals surface area (Å²) < 4.78 is 19.3. The molecule has 0 aliphatic heterocycles. The van der Waals surface area contributed by atoms with Crippen LogP contribution in [-0.2, 0) is 13.2 Å². The van der Waals surface area contributed by atoms with Gasteiger partial charge in [0, 0.05) is 20.1 Å². The number of carbonyl (C=O) groups excluding carboxylic acids is 1. The third kappa shape index (κ3) is 7.68. The maximum absolute atomic E-state index is 12.7. The van der Waals surface area contributed by atoms with Crippen LogP contribution in [0.2, 0.25) is 0 Å². The molecule has 4 aromatic rings. The third-order valence-corrected chi connectivity index (χ3v) is 6.27. The minimum absolute atomic E-state index is 0.370. The van der Waals surface area contributed by atoms with Crippen molar-refractivity contribution in [3.05, 3.63) is 122 Å². The number of amides is 1. The fourth-order valence-corrected chi connectivity index (χ4v) is 4.34. The van der Waals surface area contributed by atoms with Crippen molar-refractivity contribution in [1.82, 2.24) is 5.43 Å². The zero-order valence-corrected chi connectivity index (χ0v) is 23.2. The fourth-order valence-electron chi connectivity index (χ4n) is 3.45. The first-order valence-electron chi connectivity index (χ1n) is 11.4. The lowest BCUT2D eigenvalue weighted by Gasteiger charge is -2.12. The first-order valence-corrected chi connectivity index (χ1v) is 13.0. The first kappa shape index (κ1) is 26.4. The molecule has 0 heterocycles. The molecule has 1 amide bonds. The molecule has 188 valence electrons. The topological polar surface area (TPSA) is 69.2 Å². The molecule has 1 N–H and O–H groups in total. The predicted molar refractivity (Wildman–Crippen MR) is 151 cm³/mol. The molecule has 0 saturated heterocycles. The highest BCUT2D eigenvalue weighted by Crippen LogP contribution is 2.29. The second kappa shape index (κ2) is 13.1. The molecule has 0 unspecified atom stereocenters. The first-order chi connectivity index (χ1) is 18.0. The van der Waals surface area contributed by atoms with Gasteiger partial charge in [0.1, 0.15) is 19.0 Å². The molecule has 8 heteroatoms. The SMILES string of the molecule is COc1cc(C(=O)N/N=C/c2ccccc2OCc2cccc(Br)c2)ccc1OCc1cccc(Br)c1. The Morgan fingerprint density at radius 3 is 2.08 bits per heavy atom. The molecule has 0 saturated carbocycles. The average Bonchev–Trinajstić information content (AvgIpc) is 2.91. The number of benzene rings is 4. The van der Waals surface area contributed by atoms with E-state index in [4.69, 9.17) is 14.2 Å². The van der Waals surface area contributed by atoms with E-state index in [0.29, 0.717) is 36.0 Å². The van der Waals surface area contributed by atoms with Crippen LogP contribution in [0.4, 0.5) is 0 Å². The van der Waals surface area contributed by atoms with Gasteiger partial charge in [0.25, 0.3) is 5.91 Å². The van der Waals surface area contributed by atoms with Gasteiger partial charge in [-0.15, -0.1) is 0 Å². The largest absolute Gasteiger partial charge is 0.493 e. The Hall–Kier alpha value is -3.62. The number of nitrogens with zero attached hydrogens (tertiary/aromatic N) is 1. The van der Waals surface area contributed by atoms with Crippen LogP contribution >= 0.6 is 31.9 Å². The molecule has 0 fully saturated rings. The number of carbonyl (C=O) groups is 1. The van der Waals surface area contributed by atoms with Crippen molar-refractivity contribution >= 4 is 44.0 Å². The van der Waals surface area contributed by atoms with Crippen LogP contribution in [0.5, 0.6) is 17.2 Å². The highest BCUT2D eigenvalue weighted by atomic mass is 79.9. The zero-order valence-electron chi connectivity index (χ0n) is 20.0. The van der Waals surface area contributed by atoms with Crippen molar-refractivity contribution in [2.75, 3.05) is 7.11 Å². The Morgan fingerprint density at radius 2 is 1.43 bits per heavy atom. The monoisotopic (exact) mass is 622 g/mol. The molecule has 0 aliphatic rings. The van der Waals surface area contributed by atoms with Crippen LogP contribution < -0.4 is 19.6 Å². The van der Waals surface area contributed by atoms with E-state index >= 15 is 0 Å². The van der Waals surface area contributed by atoms with E-state index in [-0.39, 0.29) is 5.91 Å². The van der Waals surface area contributed by atoms with Gasteiger partial charge in [-0.3, -0.25) is 4.79 Å². The quantitative estimate of drug-likeness (QED) is 0.151. The van der Waals surface area contributed by atoms with E-state index in [0.717, 1.165) is 25.6 Å². The number of halogens is 2. The van der Waals surface area contributed by atoms with Gasteiger partial charge in [0.15, 0.2) is 11.5 Å². The predicted octanol–water partition coefficient (Wildman–Crippen LogP) is 7.14. The minimum Gasteiger partial charge on any atom is -0.493 e. The summed E-state index contributed by atoms with van der Waals surface area (Å²) in [6.07, 6.45) is 1.56. The third-order valence-electron chi connectivity index (χ3n) is 5.28. The van der Waals surface area contributed by atoms with Crippen molar-refractivity contribution in [2.24, 2.45) is 5.10 Å². The van der Waals surface area contributed by atoms with Crippen molar-refractivity contribution < 1.29 is 19.0 Å². The smallest absolute Gasteiger partial charge is 0.271 e. The number of methoxy groups -OCH3 is 1. The number of hydrogen-bond donors (Lipinski definition) is 1. The molecule has 37 heavy (non-hydrogen) atoms. The zero-order chi connectivity index (χ0) is 26.0. The van der Waals surface area contributed by atoms with Gasteiger partial charge in [0.05, 0.1) is 13.3 Å². The Morgan fingerprint density at radius 1 is 0.784 bits per heavy atom. The summed E-state index contributed by atoms with van der Waals surface area (Å²) in [4.78, 5) is 12.7. The van der Waals surface area contributed by atoms with E-state index in [1.54, 1.807) is 24.4 Å². The Labute approximate surface area is 232 Å². The maximum Gasteiger partial charge on any atom is 0.271 e. The molecule has 0 spiro atoms. The summed E-state index contributed by atoms with van der Waals surface area (Å²) in [7, 11) is 1.53. The van der Waals surface area contributed by atoms with Gasteiger partial charge in [-0.2, -0.15) is 5.10 Å². The second-order valence-electron chi connectivity index (χ2n) is 7.94. The normalized spacial score (nSPS) is 10.8. The van der Waals surface area contributed by atoms with E-state index in [2.05, 4.69) is 42.4 Å². The minimum atomic E-state index is -0.374. The van der Waals surface area contributed by atoms with Crippen LogP contribution in [0.15, 0.2) is 105 Å². The van der Waals surface area contributed by atoms with Crippen molar-refractivity contribution in [2.45, 2.75) is 13.2 Å². The van der Waals surface area contributed by atoms with Gasteiger partial charge >= 0.3 is 0 Å². The number of nitrogens with one attached hydrogen (secondary N) is 1. The van der Waals surface area contributed by atoms with Crippen LogP contribution in [0.3, 0.4) is 0 Å². The lowest BCUT2D eigenvalue weighted by atomic mass is 10.2. The Kier molecular flexibility index (Phi) is 9.35. The molecule has 0 aliphatic carbocycles. The Balaban J connectivity index is 1.37. The van der Waals surface area contributed by atoms with E-state index in [1.807, 2.05) is 72.8 Å². The summed E-state index contributed by atoms with van der Waals surface area (Å²) in [6, 6.07) is 28.3. The number of para-hydroxylation sites is 1. The van der Waals surface area contributed by atoms with Crippen LogP contribution in [0.1, 0.15) is 27.0 Å². The maximum atomic E-state index is 12.7. The average molecular weight is 624 g/mol. The van der Waals surface area contributed by atoms with Crippen molar-refractivity contribution in [3.8, 4) is 17.2 Å². The van der Waals surface area contributed by atoms with E-state index in [1.165, 1.54) is 7.11 Å². The lowest BCUT2D eigenvalue weighted by molar-refractivity contribution is 0.0954. The van der Waals surface area contributed by atoms with Crippen molar-refractivity contribution in [3.63, 3.8) is 0 Å². The second-order valence-corrected chi connectivity index (χ2v) is 9.77. The molecule has 4 rings (SSSR count).